The molecule has 0 fully saturated rings. The van der Waals surface area contributed by atoms with Gasteiger partial charge in [0.15, 0.2) is 0 Å². The SMILES string of the molecule is CCCC(N)C#CCc1nc(-c2ccccc2)cs1. The second kappa shape index (κ2) is 7.08. The Morgan fingerprint density at radius 3 is 2.84 bits per heavy atom. The Kier molecular flexibility index (Phi) is 5.14. The smallest absolute Gasteiger partial charge is 0.105 e. The van der Waals surface area contributed by atoms with Crippen molar-refractivity contribution in [3.05, 3.63) is 40.7 Å². The molecule has 2 nitrogen and oxygen atoms in total. The van der Waals surface area contributed by atoms with E-state index in [2.05, 4.69) is 41.3 Å². The molecular formula is C16H18N2S. The molecule has 1 atom stereocenters. The highest BCUT2D eigenvalue weighted by Gasteiger charge is 2.02. The van der Waals surface area contributed by atoms with Crippen molar-refractivity contribution in [3.63, 3.8) is 0 Å². The van der Waals surface area contributed by atoms with Crippen molar-refractivity contribution in [2.24, 2.45) is 5.73 Å². The maximum atomic E-state index is 5.85. The molecule has 98 valence electrons. The number of thiazole rings is 1. The fourth-order valence-electron chi connectivity index (χ4n) is 1.77. The van der Waals surface area contributed by atoms with Gasteiger partial charge in [0.2, 0.25) is 0 Å². The van der Waals surface area contributed by atoms with Crippen LogP contribution < -0.4 is 5.73 Å². The molecule has 0 aliphatic carbocycles. The molecule has 0 radical (unpaired) electrons. The van der Waals surface area contributed by atoms with E-state index in [1.54, 1.807) is 11.3 Å². The monoisotopic (exact) mass is 270 g/mol. The Morgan fingerprint density at radius 2 is 2.11 bits per heavy atom. The van der Waals surface area contributed by atoms with Crippen LogP contribution in [0.2, 0.25) is 0 Å². The van der Waals surface area contributed by atoms with E-state index >= 15 is 0 Å². The third-order valence-corrected chi connectivity index (χ3v) is 3.60. The summed E-state index contributed by atoms with van der Waals surface area (Å²) in [6.07, 6.45) is 2.72. The van der Waals surface area contributed by atoms with Crippen molar-refractivity contribution in [3.8, 4) is 23.1 Å². The first-order valence-corrected chi connectivity index (χ1v) is 7.41. The lowest BCUT2D eigenvalue weighted by atomic mass is 10.2. The zero-order chi connectivity index (χ0) is 13.5. The molecule has 1 unspecified atom stereocenters. The van der Waals surface area contributed by atoms with Crippen molar-refractivity contribution in [1.29, 1.82) is 0 Å². The van der Waals surface area contributed by atoms with E-state index in [0.29, 0.717) is 6.42 Å². The van der Waals surface area contributed by atoms with Gasteiger partial charge in [-0.1, -0.05) is 55.5 Å². The number of benzene rings is 1. The molecule has 3 heteroatoms. The number of hydrogen-bond acceptors (Lipinski definition) is 3. The molecule has 0 spiro atoms. The Balaban J connectivity index is 1.98. The van der Waals surface area contributed by atoms with Crippen molar-refractivity contribution in [1.82, 2.24) is 4.98 Å². The molecule has 0 aliphatic rings. The average molecular weight is 270 g/mol. The lowest BCUT2D eigenvalue weighted by Gasteiger charge is -1.98. The first-order chi connectivity index (χ1) is 9.29. The van der Waals surface area contributed by atoms with Gasteiger partial charge in [0.1, 0.15) is 5.01 Å². The van der Waals surface area contributed by atoms with E-state index in [1.807, 2.05) is 18.2 Å². The van der Waals surface area contributed by atoms with Crippen LogP contribution in [0.25, 0.3) is 11.3 Å². The van der Waals surface area contributed by atoms with Crippen molar-refractivity contribution in [2.45, 2.75) is 32.2 Å². The van der Waals surface area contributed by atoms with Crippen molar-refractivity contribution in [2.75, 3.05) is 0 Å². The van der Waals surface area contributed by atoms with Crippen LogP contribution in [0, 0.1) is 11.8 Å². The van der Waals surface area contributed by atoms with E-state index < -0.39 is 0 Å². The minimum absolute atomic E-state index is 0.00134. The second-order valence-electron chi connectivity index (χ2n) is 4.39. The second-order valence-corrected chi connectivity index (χ2v) is 5.33. The standard InChI is InChI=1S/C16H18N2S/c1-2-7-14(17)10-6-11-16-18-15(12-19-16)13-8-4-3-5-9-13/h3-5,8-9,12,14H,2,7,11,17H2,1H3. The highest BCUT2D eigenvalue weighted by atomic mass is 32.1. The normalized spacial score (nSPS) is 11.7. The van der Waals surface area contributed by atoms with Gasteiger partial charge in [-0.2, -0.15) is 0 Å². The van der Waals surface area contributed by atoms with Crippen LogP contribution in [-0.2, 0) is 6.42 Å². The zero-order valence-electron chi connectivity index (χ0n) is 11.1. The molecule has 1 heterocycles. The van der Waals surface area contributed by atoms with Gasteiger partial charge in [0.25, 0.3) is 0 Å². The number of nitrogens with two attached hydrogens (primary N) is 1. The van der Waals surface area contributed by atoms with E-state index in [9.17, 15) is 0 Å². The summed E-state index contributed by atoms with van der Waals surface area (Å²) in [5.41, 5.74) is 8.04. The third kappa shape index (κ3) is 4.20. The summed E-state index contributed by atoms with van der Waals surface area (Å²) in [6.45, 7) is 2.12. The zero-order valence-corrected chi connectivity index (χ0v) is 11.9. The van der Waals surface area contributed by atoms with Crippen molar-refractivity contribution >= 4 is 11.3 Å². The van der Waals surface area contributed by atoms with Gasteiger partial charge in [-0.25, -0.2) is 4.98 Å². The molecule has 2 N–H and O–H groups in total. The molecule has 1 aromatic carbocycles. The number of aromatic nitrogens is 1. The maximum Gasteiger partial charge on any atom is 0.105 e. The van der Waals surface area contributed by atoms with Crippen LogP contribution >= 0.6 is 11.3 Å². The summed E-state index contributed by atoms with van der Waals surface area (Å²) in [4.78, 5) is 4.60. The highest BCUT2D eigenvalue weighted by Crippen LogP contribution is 2.21. The minimum atomic E-state index is -0.00134. The molecular weight excluding hydrogens is 252 g/mol. The van der Waals surface area contributed by atoms with Crippen LogP contribution in [-0.4, -0.2) is 11.0 Å². The van der Waals surface area contributed by atoms with E-state index in [4.69, 9.17) is 5.73 Å². The quantitative estimate of drug-likeness (QED) is 0.864. The van der Waals surface area contributed by atoms with Crippen LogP contribution in [0.4, 0.5) is 0 Å². The molecule has 2 rings (SSSR count). The minimum Gasteiger partial charge on any atom is -0.318 e. The van der Waals surface area contributed by atoms with Crippen LogP contribution in [0.5, 0.6) is 0 Å². The fraction of sp³-hybridized carbons (Fsp3) is 0.312. The van der Waals surface area contributed by atoms with Gasteiger partial charge in [-0.3, -0.25) is 0 Å². The van der Waals surface area contributed by atoms with Crippen LogP contribution in [0.1, 0.15) is 24.8 Å². The molecule has 19 heavy (non-hydrogen) atoms. The lowest BCUT2D eigenvalue weighted by molar-refractivity contribution is 0.720. The Labute approximate surface area is 118 Å². The predicted molar refractivity (Wildman–Crippen MR) is 81.9 cm³/mol. The number of hydrogen-bond donors (Lipinski definition) is 1. The lowest BCUT2D eigenvalue weighted by Crippen LogP contribution is -2.16. The third-order valence-electron chi connectivity index (χ3n) is 2.75. The molecule has 0 saturated carbocycles. The molecule has 0 aliphatic heterocycles. The largest absolute Gasteiger partial charge is 0.318 e. The topological polar surface area (TPSA) is 38.9 Å². The molecule has 0 amide bonds. The van der Waals surface area contributed by atoms with E-state index in [0.717, 1.165) is 29.1 Å². The van der Waals surface area contributed by atoms with Gasteiger partial charge >= 0.3 is 0 Å². The summed E-state index contributed by atoms with van der Waals surface area (Å²) >= 11 is 1.65. The number of rotatable bonds is 4. The van der Waals surface area contributed by atoms with E-state index in [1.165, 1.54) is 0 Å². The molecule has 0 bridgehead atoms. The van der Waals surface area contributed by atoms with Gasteiger partial charge < -0.3 is 5.73 Å². The van der Waals surface area contributed by atoms with Crippen molar-refractivity contribution < 1.29 is 0 Å². The first-order valence-electron chi connectivity index (χ1n) is 6.53. The van der Waals surface area contributed by atoms with Gasteiger partial charge in [-0.15, -0.1) is 11.3 Å². The Hall–Kier alpha value is -1.63. The summed E-state index contributed by atoms with van der Waals surface area (Å²) in [7, 11) is 0. The highest BCUT2D eigenvalue weighted by molar-refractivity contribution is 7.10. The fourth-order valence-corrected chi connectivity index (χ4v) is 2.52. The van der Waals surface area contributed by atoms with Gasteiger partial charge in [0, 0.05) is 10.9 Å². The Bertz CT molecular complexity index is 563. The summed E-state index contributed by atoms with van der Waals surface area (Å²) in [6, 6.07) is 10.2. The van der Waals surface area contributed by atoms with Gasteiger partial charge in [-0.05, 0) is 6.42 Å². The average Bonchev–Trinajstić information content (AvgIpc) is 2.89. The van der Waals surface area contributed by atoms with Gasteiger partial charge in [0.05, 0.1) is 18.2 Å². The molecule has 2 aromatic rings. The van der Waals surface area contributed by atoms with E-state index in [-0.39, 0.29) is 6.04 Å². The predicted octanol–water partition coefficient (Wildman–Crippen LogP) is 3.48. The van der Waals surface area contributed by atoms with Crippen LogP contribution in [0.3, 0.4) is 0 Å². The summed E-state index contributed by atoms with van der Waals surface area (Å²) in [5, 5.41) is 3.13. The maximum absolute atomic E-state index is 5.85. The first kappa shape index (κ1) is 13.8. The Morgan fingerprint density at radius 1 is 1.32 bits per heavy atom. The molecule has 1 aromatic heterocycles. The summed E-state index contributed by atoms with van der Waals surface area (Å²) in [5.74, 6) is 6.20. The number of nitrogens with zero attached hydrogens (tertiary/aromatic N) is 1. The summed E-state index contributed by atoms with van der Waals surface area (Å²) < 4.78 is 0. The molecule has 0 saturated heterocycles. The van der Waals surface area contributed by atoms with Crippen LogP contribution in [0.15, 0.2) is 35.7 Å².